The molecule has 2 bridgehead atoms. The minimum Gasteiger partial charge on any atom is -0.432 e. The van der Waals surface area contributed by atoms with Gasteiger partial charge in [-0.2, -0.15) is 0 Å². The van der Waals surface area contributed by atoms with Gasteiger partial charge in [0.05, 0.1) is 50.2 Å². The maximum atomic E-state index is 15.4. The van der Waals surface area contributed by atoms with Gasteiger partial charge in [-0.15, -0.1) is 0 Å². The molecule has 9 fully saturated rings. The molecule has 0 aromatic rings. The topological polar surface area (TPSA) is 512 Å². The Bertz CT molecular complexity index is 2340. The van der Waals surface area contributed by atoms with Crippen molar-refractivity contribution in [2.45, 2.75) is 282 Å². The predicted octanol–water partition coefficient (Wildman–Crippen LogP) is -7.66. The lowest BCUT2D eigenvalue weighted by molar-refractivity contribution is -0.398. The van der Waals surface area contributed by atoms with Crippen LogP contribution in [0.15, 0.2) is 12.2 Å². The molecule has 9 rings (SSSR count). The molecule has 3 saturated carbocycles. The lowest BCUT2D eigenvalue weighted by atomic mass is 9.54. The van der Waals surface area contributed by atoms with Crippen molar-refractivity contribution in [2.24, 2.45) is 22.2 Å². The van der Waals surface area contributed by atoms with Gasteiger partial charge in [-0.1, -0.05) is 26.8 Å². The van der Waals surface area contributed by atoms with Crippen LogP contribution in [0.5, 0.6) is 0 Å². The van der Waals surface area contributed by atoms with Gasteiger partial charge in [0, 0.05) is 0 Å². The number of ether oxygens (including phenoxy) is 12. The first-order chi connectivity index (χ1) is 41.9. The maximum absolute atomic E-state index is 15.4. The van der Waals surface area contributed by atoms with Crippen LogP contribution in [0.3, 0.4) is 0 Å². The van der Waals surface area contributed by atoms with Gasteiger partial charge in [0.2, 0.25) is 6.29 Å². The van der Waals surface area contributed by atoms with E-state index in [4.69, 9.17) is 56.8 Å². The van der Waals surface area contributed by atoms with Crippen LogP contribution < -0.4 is 0 Å². The first kappa shape index (κ1) is 71.3. The van der Waals surface area contributed by atoms with Crippen LogP contribution in [0.25, 0.3) is 0 Å². The van der Waals surface area contributed by atoms with Crippen molar-refractivity contribution in [3.63, 3.8) is 0 Å². The molecule has 32 nitrogen and oxygen atoms in total. The van der Waals surface area contributed by atoms with Crippen LogP contribution in [-0.4, -0.2) is 326 Å². The zero-order chi connectivity index (χ0) is 65.1. The second kappa shape index (κ2) is 28.4. The summed E-state index contributed by atoms with van der Waals surface area (Å²) in [4.78, 5) is 15.4. The molecule has 32 heteroatoms. The fourth-order valence-electron chi connectivity index (χ4n) is 15.2. The maximum Gasteiger partial charge on any atom is 0.314 e. The van der Waals surface area contributed by atoms with Gasteiger partial charge in [0.1, 0.15) is 134 Å². The van der Waals surface area contributed by atoms with E-state index in [2.05, 4.69) is 6.58 Å². The van der Waals surface area contributed by atoms with Crippen LogP contribution in [0, 0.1) is 22.2 Å². The first-order valence-electron chi connectivity index (χ1n) is 30.6. The number of carbonyl (C=O) groups is 1. The quantitative estimate of drug-likeness (QED) is 0.0398. The summed E-state index contributed by atoms with van der Waals surface area (Å²) in [5.41, 5.74) is -3.15. The highest BCUT2D eigenvalue weighted by atomic mass is 16.8. The molecule has 9 aliphatic rings. The molecule has 0 spiro atoms. The minimum absolute atomic E-state index is 0.257. The van der Waals surface area contributed by atoms with E-state index in [1.165, 1.54) is 6.92 Å². The predicted molar refractivity (Wildman–Crippen MR) is 290 cm³/mol. The molecule has 19 N–H and O–H groups in total. The molecule has 89 heavy (non-hydrogen) atoms. The van der Waals surface area contributed by atoms with E-state index in [1.807, 2.05) is 13.8 Å². The lowest BCUT2D eigenvalue weighted by Crippen LogP contribution is -2.67. The normalized spacial score (nSPS) is 52.1. The number of carbonyl (C=O) groups excluding carboxylic acids is 1. The number of fused-ring (bicyclic) bond motifs is 2. The highest BCUT2D eigenvalue weighted by molar-refractivity contribution is 5.77. The SMILES string of the molecule is C=C1C[C@@]2(CCC3C(C)(C)CCC[C@@]3(C)C(=O)OC3OC(CO)C(O)C(OC4OC(CO)C(O)C(O)C4O)C3OC3OC(CO)C(O)C(O)C3O)CCC[C@]1(OC1OC(CO)C(O)C(OC3OC(CO)C(O)C(O)C3O)C1OC1OC(C)C(O)C(O)C1O)C2. The van der Waals surface area contributed by atoms with Crippen molar-refractivity contribution >= 4 is 5.97 Å². The Balaban J connectivity index is 0.983. The fourth-order valence-corrected chi connectivity index (χ4v) is 15.2. The summed E-state index contributed by atoms with van der Waals surface area (Å²) in [6.07, 6.45) is -49.5. The number of aliphatic hydroxyl groups excluding tert-OH is 19. The molecule has 514 valence electrons. The van der Waals surface area contributed by atoms with Crippen LogP contribution in [0.1, 0.15) is 91.9 Å². The standard InChI is InChI=1S/C57H94O32/c1-21-14-56(11-7-12-57(21,20-56)89-52-46(87-47-39(73)35(69)29(63)22(2)78-47)44(34(68)27(19-62)83-52)85-49-41(75)37(71)31(65)24(16-59)80-49)13-8-28-54(3,4)9-6-10-55(28,5)53(77)88-51-45(86-50-42(76)38(72)32(66)25(17-60)81-50)43(33(67)26(18-61)82-51)84-48-40(74)36(70)30(64)23(15-58)79-48/h22-52,58-76H,1,6-20H2,2-5H3/t22?,23?,24?,25?,26?,27?,28?,29?,30?,31?,32?,33?,34?,35?,36?,37?,38?,39?,40?,41?,42?,43?,44?,45?,46?,47?,48?,49?,50?,51?,52?,55-,56+,57+/m1/s1. The third-order valence-electron chi connectivity index (χ3n) is 20.5. The molecule has 6 aliphatic heterocycles. The smallest absolute Gasteiger partial charge is 0.314 e. The van der Waals surface area contributed by atoms with Crippen molar-refractivity contribution in [3.05, 3.63) is 12.2 Å². The van der Waals surface area contributed by atoms with Gasteiger partial charge in [-0.3, -0.25) is 4.79 Å². The average Bonchev–Trinajstić information content (AvgIpc) is 1.70. The summed E-state index contributed by atoms with van der Waals surface area (Å²) in [6.45, 7) is 7.23. The van der Waals surface area contributed by atoms with Gasteiger partial charge in [-0.25, -0.2) is 0 Å². The summed E-state index contributed by atoms with van der Waals surface area (Å²) < 4.78 is 73.0. The van der Waals surface area contributed by atoms with E-state index in [-0.39, 0.29) is 6.42 Å². The van der Waals surface area contributed by atoms with Gasteiger partial charge in [0.25, 0.3) is 0 Å². The molecule has 6 saturated heterocycles. The minimum atomic E-state index is -2.08. The molecular weight excluding hydrogens is 1200 g/mol. The Morgan fingerprint density at radius 1 is 0.461 bits per heavy atom. The molecule has 0 amide bonds. The van der Waals surface area contributed by atoms with E-state index in [0.29, 0.717) is 63.4 Å². The number of hydrogen-bond donors (Lipinski definition) is 19. The molecule has 3 aliphatic carbocycles. The van der Waals surface area contributed by atoms with Crippen LogP contribution in [0.2, 0.25) is 0 Å². The number of esters is 1. The zero-order valence-corrected chi connectivity index (χ0v) is 50.0. The van der Waals surface area contributed by atoms with E-state index < -0.39 is 251 Å². The Labute approximate surface area is 512 Å². The van der Waals surface area contributed by atoms with E-state index in [9.17, 15) is 97.0 Å². The number of rotatable bonds is 20. The second-order valence-corrected chi connectivity index (χ2v) is 26.8. The molecule has 34 atom stereocenters. The Morgan fingerprint density at radius 3 is 1.30 bits per heavy atom. The van der Waals surface area contributed by atoms with Gasteiger partial charge in [0.15, 0.2) is 37.6 Å². The highest BCUT2D eigenvalue weighted by Crippen LogP contribution is 2.63. The number of aliphatic hydroxyl groups is 19. The number of hydrogen-bond acceptors (Lipinski definition) is 32. The second-order valence-electron chi connectivity index (χ2n) is 26.8. The van der Waals surface area contributed by atoms with Crippen LogP contribution >= 0.6 is 0 Å². The van der Waals surface area contributed by atoms with E-state index >= 15 is 4.79 Å². The van der Waals surface area contributed by atoms with Crippen LogP contribution in [0.4, 0.5) is 0 Å². The largest absolute Gasteiger partial charge is 0.432 e. The lowest BCUT2D eigenvalue weighted by Gasteiger charge is -2.52. The summed E-state index contributed by atoms with van der Waals surface area (Å²) in [5, 5.41) is 205. The van der Waals surface area contributed by atoms with Crippen molar-refractivity contribution < 1.29 is 159 Å². The summed E-state index contributed by atoms with van der Waals surface area (Å²) >= 11 is 0. The molecule has 31 unspecified atom stereocenters. The molecule has 0 radical (unpaired) electrons. The highest BCUT2D eigenvalue weighted by Gasteiger charge is 2.63. The van der Waals surface area contributed by atoms with Gasteiger partial charge < -0.3 is 154 Å². The van der Waals surface area contributed by atoms with Crippen molar-refractivity contribution in [1.29, 1.82) is 0 Å². The van der Waals surface area contributed by atoms with Crippen molar-refractivity contribution in [2.75, 3.05) is 33.0 Å². The summed E-state index contributed by atoms with van der Waals surface area (Å²) in [5.74, 6) is -1.35. The Kier molecular flexibility index (Phi) is 22.7. The van der Waals surface area contributed by atoms with E-state index in [1.54, 1.807) is 6.92 Å². The summed E-state index contributed by atoms with van der Waals surface area (Å²) in [7, 11) is 0. The average molecular weight is 1290 g/mol. The fraction of sp³-hybridized carbons (Fsp3) is 0.947. The van der Waals surface area contributed by atoms with Crippen molar-refractivity contribution in [3.8, 4) is 0 Å². The third-order valence-corrected chi connectivity index (χ3v) is 20.5. The summed E-state index contributed by atoms with van der Waals surface area (Å²) in [6, 6.07) is 0. The Morgan fingerprint density at radius 2 is 0.843 bits per heavy atom. The third kappa shape index (κ3) is 13.8. The van der Waals surface area contributed by atoms with Gasteiger partial charge in [-0.05, 0) is 94.0 Å². The van der Waals surface area contributed by atoms with Crippen molar-refractivity contribution in [1.82, 2.24) is 0 Å². The molecule has 0 aromatic heterocycles. The van der Waals surface area contributed by atoms with E-state index in [0.717, 1.165) is 0 Å². The molecule has 0 aromatic carbocycles. The van der Waals surface area contributed by atoms with Gasteiger partial charge >= 0.3 is 5.97 Å². The molecular formula is C57H94O32. The first-order valence-corrected chi connectivity index (χ1v) is 30.6. The monoisotopic (exact) mass is 1290 g/mol. The zero-order valence-electron chi connectivity index (χ0n) is 50.0. The molecule has 6 heterocycles. The Hall–Kier alpha value is -1.99. The van der Waals surface area contributed by atoms with Crippen LogP contribution in [-0.2, 0) is 61.6 Å².